The number of para-hydroxylation sites is 2. The lowest BCUT2D eigenvalue weighted by molar-refractivity contribution is -0.134. The van der Waals surface area contributed by atoms with Gasteiger partial charge in [-0.25, -0.2) is 4.98 Å². The minimum Gasteiger partial charge on any atom is -0.351 e. The summed E-state index contributed by atoms with van der Waals surface area (Å²) in [4.78, 5) is 34.9. The van der Waals surface area contributed by atoms with Gasteiger partial charge in [0, 0.05) is 10.9 Å². The van der Waals surface area contributed by atoms with Crippen molar-refractivity contribution in [2.45, 2.75) is 76.5 Å². The van der Waals surface area contributed by atoms with Crippen molar-refractivity contribution >= 4 is 34.2 Å². The molecule has 168 valence electrons. The van der Waals surface area contributed by atoms with Crippen LogP contribution in [0.1, 0.15) is 67.4 Å². The molecule has 2 aliphatic rings. The summed E-state index contributed by atoms with van der Waals surface area (Å²) in [6.07, 6.45) is 8.08. The van der Waals surface area contributed by atoms with E-state index < -0.39 is 5.54 Å². The van der Waals surface area contributed by atoms with E-state index in [2.05, 4.69) is 10.3 Å². The van der Waals surface area contributed by atoms with Crippen LogP contribution in [0, 0.1) is 0 Å². The van der Waals surface area contributed by atoms with Crippen molar-refractivity contribution in [2.24, 2.45) is 0 Å². The van der Waals surface area contributed by atoms with E-state index in [1.165, 1.54) is 19.3 Å². The monoisotopic (exact) mass is 450 g/mol. The summed E-state index contributed by atoms with van der Waals surface area (Å²) in [6, 6.07) is 11.9. The minimum absolute atomic E-state index is 0.0589. The van der Waals surface area contributed by atoms with Crippen molar-refractivity contribution in [1.29, 1.82) is 0 Å². The normalized spacial score (nSPS) is 22.4. The molecule has 1 fully saturated rings. The second-order valence-corrected chi connectivity index (χ2v) is 10.3. The molecule has 2 aromatic heterocycles. The third kappa shape index (κ3) is 3.83. The van der Waals surface area contributed by atoms with Crippen LogP contribution < -0.4 is 5.32 Å². The molecule has 2 amide bonds. The topological polar surface area (TPSA) is 67.2 Å². The highest BCUT2D eigenvalue weighted by Gasteiger charge is 2.48. The molecule has 6 nitrogen and oxygen atoms in total. The van der Waals surface area contributed by atoms with Gasteiger partial charge in [-0.15, -0.1) is 11.3 Å². The second-order valence-electron chi connectivity index (χ2n) is 9.27. The molecule has 1 atom stereocenters. The smallest absolute Gasteiger partial charge is 0.291 e. The van der Waals surface area contributed by atoms with Crippen molar-refractivity contribution in [1.82, 2.24) is 19.8 Å². The molecule has 0 saturated heterocycles. The maximum absolute atomic E-state index is 13.8. The first-order valence-electron chi connectivity index (χ1n) is 11.7. The number of benzene rings is 1. The molecule has 1 unspecified atom stereocenters. The van der Waals surface area contributed by atoms with Gasteiger partial charge in [-0.05, 0) is 43.3 Å². The lowest BCUT2D eigenvalue weighted by Crippen LogP contribution is -2.64. The van der Waals surface area contributed by atoms with E-state index in [0.717, 1.165) is 41.6 Å². The second kappa shape index (κ2) is 8.70. The Balaban J connectivity index is 1.50. The largest absolute Gasteiger partial charge is 0.351 e. The van der Waals surface area contributed by atoms with Crippen LogP contribution in [-0.4, -0.2) is 37.8 Å². The zero-order valence-corrected chi connectivity index (χ0v) is 19.4. The average molecular weight is 451 g/mol. The molecule has 32 heavy (non-hydrogen) atoms. The number of amides is 2. The van der Waals surface area contributed by atoms with Crippen LogP contribution >= 0.6 is 11.3 Å². The van der Waals surface area contributed by atoms with Crippen LogP contribution in [0.2, 0.25) is 0 Å². The minimum atomic E-state index is -0.986. The van der Waals surface area contributed by atoms with Crippen molar-refractivity contribution in [3.8, 4) is 0 Å². The first-order chi connectivity index (χ1) is 15.6. The Morgan fingerprint density at radius 2 is 1.88 bits per heavy atom. The van der Waals surface area contributed by atoms with Crippen LogP contribution in [0.3, 0.4) is 0 Å². The van der Waals surface area contributed by atoms with Gasteiger partial charge in [0.05, 0.1) is 24.1 Å². The fraction of sp³-hybridized carbons (Fsp3) is 0.480. The molecule has 0 spiro atoms. The van der Waals surface area contributed by atoms with Gasteiger partial charge < -0.3 is 14.8 Å². The Morgan fingerprint density at radius 1 is 1.12 bits per heavy atom. The van der Waals surface area contributed by atoms with E-state index in [0.29, 0.717) is 18.9 Å². The molecule has 1 N–H and O–H groups in total. The fourth-order valence-electron chi connectivity index (χ4n) is 5.08. The molecule has 1 aliphatic carbocycles. The first kappa shape index (κ1) is 21.2. The number of nitrogens with zero attached hydrogens (tertiary/aromatic N) is 3. The third-order valence-corrected chi connectivity index (χ3v) is 7.84. The Hall–Kier alpha value is -2.67. The van der Waals surface area contributed by atoms with E-state index in [4.69, 9.17) is 0 Å². The summed E-state index contributed by atoms with van der Waals surface area (Å²) in [5.41, 5.74) is 0.702. The number of hydrogen-bond acceptors (Lipinski definition) is 4. The number of nitrogens with one attached hydrogen (secondary N) is 1. The van der Waals surface area contributed by atoms with Crippen molar-refractivity contribution in [3.63, 3.8) is 0 Å². The molecule has 1 saturated carbocycles. The SMILES string of the molecule is CC1(C(=O)NC2CCCCCCC2)Cn2c(nc3ccccc32)C(=O)N1Cc1cccs1. The van der Waals surface area contributed by atoms with E-state index in [1.807, 2.05) is 53.3 Å². The average Bonchev–Trinajstić information content (AvgIpc) is 3.41. The zero-order chi connectivity index (χ0) is 22.1. The van der Waals surface area contributed by atoms with Gasteiger partial charge in [0.25, 0.3) is 5.91 Å². The quantitative estimate of drug-likeness (QED) is 0.624. The van der Waals surface area contributed by atoms with E-state index in [-0.39, 0.29) is 17.9 Å². The van der Waals surface area contributed by atoms with Gasteiger partial charge in [0.15, 0.2) is 5.82 Å². The molecule has 0 radical (unpaired) electrons. The molecule has 7 heteroatoms. The zero-order valence-electron chi connectivity index (χ0n) is 18.5. The van der Waals surface area contributed by atoms with E-state index in [9.17, 15) is 9.59 Å². The third-order valence-electron chi connectivity index (χ3n) is 6.98. The maximum Gasteiger partial charge on any atom is 0.291 e. The van der Waals surface area contributed by atoms with Crippen LogP contribution in [0.15, 0.2) is 41.8 Å². The lowest BCUT2D eigenvalue weighted by Gasteiger charge is -2.44. The van der Waals surface area contributed by atoms with Crippen LogP contribution in [-0.2, 0) is 17.9 Å². The Morgan fingerprint density at radius 3 is 2.62 bits per heavy atom. The van der Waals surface area contributed by atoms with Crippen molar-refractivity contribution < 1.29 is 9.59 Å². The number of thiophene rings is 1. The van der Waals surface area contributed by atoms with E-state index in [1.54, 1.807) is 16.2 Å². The van der Waals surface area contributed by atoms with Gasteiger partial charge in [-0.1, -0.05) is 50.3 Å². The summed E-state index contributed by atoms with van der Waals surface area (Å²) >= 11 is 1.61. The number of fused-ring (bicyclic) bond motifs is 3. The summed E-state index contributed by atoms with van der Waals surface area (Å²) in [7, 11) is 0. The van der Waals surface area contributed by atoms with Gasteiger partial charge in [0.1, 0.15) is 5.54 Å². The van der Waals surface area contributed by atoms with Gasteiger partial charge in [-0.3, -0.25) is 9.59 Å². The Bertz CT molecular complexity index is 1110. The number of aromatic nitrogens is 2. The number of carbonyl (C=O) groups excluding carboxylic acids is 2. The molecule has 0 bridgehead atoms. The highest BCUT2D eigenvalue weighted by atomic mass is 32.1. The Kier molecular flexibility index (Phi) is 5.76. The van der Waals surface area contributed by atoms with Crippen molar-refractivity contribution in [3.05, 3.63) is 52.5 Å². The molecular weight excluding hydrogens is 420 g/mol. The predicted octanol–water partition coefficient (Wildman–Crippen LogP) is 4.74. The molecule has 3 aromatic rings. The summed E-state index contributed by atoms with van der Waals surface area (Å²) < 4.78 is 1.93. The summed E-state index contributed by atoms with van der Waals surface area (Å²) in [6.45, 7) is 2.72. The first-order valence-corrected chi connectivity index (χ1v) is 12.5. The maximum atomic E-state index is 13.8. The molecular formula is C25H30N4O2S. The number of rotatable bonds is 4. The summed E-state index contributed by atoms with van der Waals surface area (Å²) in [5.74, 6) is 0.173. The number of carbonyl (C=O) groups is 2. The number of hydrogen-bond donors (Lipinski definition) is 1. The summed E-state index contributed by atoms with van der Waals surface area (Å²) in [5, 5.41) is 5.34. The molecule has 1 aliphatic heterocycles. The van der Waals surface area contributed by atoms with Crippen LogP contribution in [0.25, 0.3) is 11.0 Å². The van der Waals surface area contributed by atoms with E-state index >= 15 is 0 Å². The highest BCUT2D eigenvalue weighted by molar-refractivity contribution is 7.09. The van der Waals surface area contributed by atoms with Crippen LogP contribution in [0.5, 0.6) is 0 Å². The predicted molar refractivity (Wildman–Crippen MR) is 127 cm³/mol. The molecule has 3 heterocycles. The Labute approximate surface area is 192 Å². The van der Waals surface area contributed by atoms with Gasteiger partial charge in [0.2, 0.25) is 5.91 Å². The van der Waals surface area contributed by atoms with Gasteiger partial charge >= 0.3 is 0 Å². The van der Waals surface area contributed by atoms with Gasteiger partial charge in [-0.2, -0.15) is 0 Å². The lowest BCUT2D eigenvalue weighted by atomic mass is 9.92. The standard InChI is InChI=1S/C25H30N4O2S/c1-25(24(31)26-18-10-5-3-2-4-6-11-18)17-28-21-14-8-7-13-20(21)27-22(28)23(30)29(25)16-19-12-9-15-32-19/h7-9,12-15,18H,2-6,10-11,16-17H2,1H3,(H,26,31). The van der Waals surface area contributed by atoms with Crippen molar-refractivity contribution in [2.75, 3.05) is 0 Å². The van der Waals surface area contributed by atoms with Crippen LogP contribution in [0.4, 0.5) is 0 Å². The fourth-order valence-corrected chi connectivity index (χ4v) is 5.77. The number of imidazole rings is 1. The highest BCUT2D eigenvalue weighted by Crippen LogP contribution is 2.33. The molecule has 1 aromatic carbocycles. The molecule has 5 rings (SSSR count).